The third kappa shape index (κ3) is 4.89. The van der Waals surface area contributed by atoms with Gasteiger partial charge in [0.2, 0.25) is 0 Å². The molecule has 0 saturated heterocycles. The maximum absolute atomic E-state index is 13.9. The van der Waals surface area contributed by atoms with Crippen molar-refractivity contribution in [3.8, 4) is 11.1 Å². The monoisotopic (exact) mass is 316 g/mol. The van der Waals surface area contributed by atoms with E-state index in [0.717, 1.165) is 17.5 Å². The SMILES string of the molecule is CCCCCc1ccc(-c2ccc(C(F)(F)CCC)cc2)cc1. The van der Waals surface area contributed by atoms with Gasteiger partial charge in [0.05, 0.1) is 0 Å². The molecule has 2 rings (SSSR count). The third-order valence-electron chi connectivity index (χ3n) is 4.23. The molecule has 0 aliphatic heterocycles. The molecule has 124 valence electrons. The Hall–Kier alpha value is -1.70. The molecule has 0 heterocycles. The summed E-state index contributed by atoms with van der Waals surface area (Å²) >= 11 is 0. The molecule has 0 bridgehead atoms. The Morgan fingerprint density at radius 2 is 1.30 bits per heavy atom. The van der Waals surface area contributed by atoms with E-state index in [4.69, 9.17) is 0 Å². The number of alkyl halides is 2. The van der Waals surface area contributed by atoms with Crippen LogP contribution in [0, 0.1) is 0 Å². The number of halogens is 2. The molecule has 0 saturated carbocycles. The van der Waals surface area contributed by atoms with E-state index in [1.54, 1.807) is 31.2 Å². The van der Waals surface area contributed by atoms with Gasteiger partial charge in [-0.15, -0.1) is 0 Å². The number of unbranched alkanes of at least 4 members (excludes halogenated alkanes) is 2. The van der Waals surface area contributed by atoms with Gasteiger partial charge in [-0.3, -0.25) is 0 Å². The molecule has 0 aromatic heterocycles. The molecular weight excluding hydrogens is 290 g/mol. The summed E-state index contributed by atoms with van der Waals surface area (Å²) in [4.78, 5) is 0. The van der Waals surface area contributed by atoms with E-state index in [2.05, 4.69) is 31.2 Å². The molecule has 2 aromatic carbocycles. The van der Waals surface area contributed by atoms with E-state index in [0.29, 0.717) is 6.42 Å². The number of rotatable bonds is 8. The van der Waals surface area contributed by atoms with E-state index in [9.17, 15) is 8.78 Å². The van der Waals surface area contributed by atoms with Crippen LogP contribution in [-0.2, 0) is 12.3 Å². The van der Waals surface area contributed by atoms with Gasteiger partial charge in [-0.1, -0.05) is 81.6 Å². The minimum Gasteiger partial charge on any atom is -0.201 e. The lowest BCUT2D eigenvalue weighted by Gasteiger charge is -2.16. The molecule has 0 aliphatic carbocycles. The molecule has 23 heavy (non-hydrogen) atoms. The van der Waals surface area contributed by atoms with Gasteiger partial charge in [0.1, 0.15) is 0 Å². The maximum atomic E-state index is 13.9. The first-order valence-corrected chi connectivity index (χ1v) is 8.64. The second kappa shape index (κ2) is 8.24. The zero-order chi connectivity index (χ0) is 16.7. The van der Waals surface area contributed by atoms with Crippen molar-refractivity contribution in [1.82, 2.24) is 0 Å². The molecule has 0 N–H and O–H groups in total. The van der Waals surface area contributed by atoms with Crippen LogP contribution in [0.2, 0.25) is 0 Å². The van der Waals surface area contributed by atoms with Crippen molar-refractivity contribution in [3.05, 3.63) is 59.7 Å². The van der Waals surface area contributed by atoms with E-state index in [-0.39, 0.29) is 12.0 Å². The van der Waals surface area contributed by atoms with Gasteiger partial charge < -0.3 is 0 Å². The average molecular weight is 316 g/mol. The highest BCUT2D eigenvalue weighted by molar-refractivity contribution is 5.64. The quantitative estimate of drug-likeness (QED) is 0.461. The maximum Gasteiger partial charge on any atom is 0.273 e. The van der Waals surface area contributed by atoms with Crippen LogP contribution in [0.15, 0.2) is 48.5 Å². The fourth-order valence-corrected chi connectivity index (χ4v) is 2.81. The summed E-state index contributed by atoms with van der Waals surface area (Å²) in [6.45, 7) is 3.99. The highest BCUT2D eigenvalue weighted by Gasteiger charge is 2.29. The van der Waals surface area contributed by atoms with Crippen LogP contribution >= 0.6 is 0 Å². The van der Waals surface area contributed by atoms with Crippen LogP contribution in [0.25, 0.3) is 11.1 Å². The second-order valence-corrected chi connectivity index (χ2v) is 6.19. The standard InChI is InChI=1S/C21H26F2/c1-3-5-6-7-17-8-10-18(11-9-17)19-12-14-20(15-13-19)21(22,23)16-4-2/h8-15H,3-7,16H2,1-2H3. The Kier molecular flexibility index (Phi) is 6.32. The second-order valence-electron chi connectivity index (χ2n) is 6.19. The molecule has 0 unspecified atom stereocenters. The van der Waals surface area contributed by atoms with Crippen molar-refractivity contribution >= 4 is 0 Å². The van der Waals surface area contributed by atoms with Crippen LogP contribution in [-0.4, -0.2) is 0 Å². The Morgan fingerprint density at radius 3 is 1.83 bits per heavy atom. The van der Waals surface area contributed by atoms with Crippen LogP contribution in [0.3, 0.4) is 0 Å². The number of aryl methyl sites for hydroxylation is 1. The number of hydrogen-bond donors (Lipinski definition) is 0. The normalized spacial score (nSPS) is 11.7. The van der Waals surface area contributed by atoms with Gasteiger partial charge in [0.15, 0.2) is 0 Å². The molecule has 0 radical (unpaired) electrons. The smallest absolute Gasteiger partial charge is 0.201 e. The molecular formula is C21H26F2. The summed E-state index contributed by atoms with van der Waals surface area (Å²) < 4.78 is 27.8. The third-order valence-corrected chi connectivity index (χ3v) is 4.23. The van der Waals surface area contributed by atoms with Gasteiger partial charge in [0, 0.05) is 12.0 Å². The minimum atomic E-state index is -2.73. The first-order chi connectivity index (χ1) is 11.1. The highest BCUT2D eigenvalue weighted by Crippen LogP contribution is 2.34. The molecule has 0 amide bonds. The topological polar surface area (TPSA) is 0 Å². The minimum absolute atomic E-state index is 0.0984. The van der Waals surface area contributed by atoms with Crippen molar-refractivity contribution in [1.29, 1.82) is 0 Å². The van der Waals surface area contributed by atoms with Crippen molar-refractivity contribution in [2.24, 2.45) is 0 Å². The summed E-state index contributed by atoms with van der Waals surface area (Å²) in [5, 5.41) is 0. The van der Waals surface area contributed by atoms with Gasteiger partial charge in [-0.05, 0) is 29.5 Å². The van der Waals surface area contributed by atoms with Crippen molar-refractivity contribution in [2.75, 3.05) is 0 Å². The Bertz CT molecular complexity index is 582. The van der Waals surface area contributed by atoms with Crippen LogP contribution in [0.5, 0.6) is 0 Å². The summed E-state index contributed by atoms with van der Waals surface area (Å²) in [5.41, 5.74) is 3.52. The summed E-state index contributed by atoms with van der Waals surface area (Å²) in [6, 6.07) is 15.2. The Balaban J connectivity index is 2.07. The molecule has 2 heteroatoms. The van der Waals surface area contributed by atoms with Gasteiger partial charge in [-0.25, -0.2) is 8.78 Å². The lowest BCUT2D eigenvalue weighted by atomic mass is 9.98. The first-order valence-electron chi connectivity index (χ1n) is 8.64. The molecule has 0 atom stereocenters. The Labute approximate surface area is 138 Å². The van der Waals surface area contributed by atoms with E-state index >= 15 is 0 Å². The lowest BCUT2D eigenvalue weighted by Crippen LogP contribution is -2.12. The number of benzene rings is 2. The summed E-state index contributed by atoms with van der Waals surface area (Å²) in [5.74, 6) is -2.73. The van der Waals surface area contributed by atoms with Crippen molar-refractivity contribution in [3.63, 3.8) is 0 Å². The van der Waals surface area contributed by atoms with E-state index < -0.39 is 5.92 Å². The average Bonchev–Trinajstić information content (AvgIpc) is 2.56. The zero-order valence-corrected chi connectivity index (χ0v) is 14.1. The Morgan fingerprint density at radius 1 is 0.739 bits per heavy atom. The van der Waals surface area contributed by atoms with E-state index in [1.165, 1.54) is 24.8 Å². The predicted octanol–water partition coefficient (Wildman–Crippen LogP) is 6.98. The van der Waals surface area contributed by atoms with Crippen LogP contribution in [0.1, 0.15) is 57.1 Å². The van der Waals surface area contributed by atoms with Crippen molar-refractivity contribution in [2.45, 2.75) is 58.3 Å². The fourth-order valence-electron chi connectivity index (χ4n) is 2.81. The lowest BCUT2D eigenvalue weighted by molar-refractivity contribution is -0.0140. The number of hydrogen-bond acceptors (Lipinski definition) is 0. The molecule has 2 aromatic rings. The molecule has 0 nitrogen and oxygen atoms in total. The molecule has 0 spiro atoms. The fraction of sp³-hybridized carbons (Fsp3) is 0.429. The predicted molar refractivity (Wildman–Crippen MR) is 93.9 cm³/mol. The molecule has 0 aliphatic rings. The largest absolute Gasteiger partial charge is 0.273 e. The summed E-state index contributed by atoms with van der Waals surface area (Å²) in [7, 11) is 0. The van der Waals surface area contributed by atoms with Gasteiger partial charge in [0.25, 0.3) is 5.92 Å². The van der Waals surface area contributed by atoms with Crippen LogP contribution < -0.4 is 0 Å². The molecule has 0 fully saturated rings. The van der Waals surface area contributed by atoms with Crippen LogP contribution in [0.4, 0.5) is 8.78 Å². The zero-order valence-electron chi connectivity index (χ0n) is 14.1. The first kappa shape index (κ1) is 17.7. The van der Waals surface area contributed by atoms with Crippen molar-refractivity contribution < 1.29 is 8.78 Å². The van der Waals surface area contributed by atoms with Gasteiger partial charge >= 0.3 is 0 Å². The van der Waals surface area contributed by atoms with Gasteiger partial charge in [-0.2, -0.15) is 0 Å². The van der Waals surface area contributed by atoms with E-state index in [1.807, 2.05) is 0 Å². The highest BCUT2D eigenvalue weighted by atomic mass is 19.3. The summed E-state index contributed by atoms with van der Waals surface area (Å²) in [6.07, 6.45) is 5.20.